The summed E-state index contributed by atoms with van der Waals surface area (Å²) >= 11 is 0. The molecule has 2 aromatic carbocycles. The number of hydrogen-bond acceptors (Lipinski definition) is 7. The number of aromatic nitrogens is 1. The highest BCUT2D eigenvalue weighted by atomic mass is 16.5. The molecule has 0 saturated heterocycles. The maximum atomic E-state index is 12.3. The van der Waals surface area contributed by atoms with Gasteiger partial charge in [0.05, 0.1) is 39.3 Å². The third-order valence-corrected chi connectivity index (χ3v) is 3.98. The Kier molecular flexibility index (Phi) is 5.30. The molecule has 1 aromatic heterocycles. The number of nitrogens with zero attached hydrogens (tertiary/aromatic N) is 1. The number of methoxy groups -OCH3 is 4. The average molecular weight is 369 g/mol. The molecule has 0 saturated carbocycles. The Balaban J connectivity index is 2.00. The second-order valence-corrected chi connectivity index (χ2v) is 5.51. The summed E-state index contributed by atoms with van der Waals surface area (Å²) in [6.07, 6.45) is 3.37. The Morgan fingerprint density at radius 2 is 1.44 bits per heavy atom. The van der Waals surface area contributed by atoms with Crippen molar-refractivity contribution in [2.45, 2.75) is 0 Å². The summed E-state index contributed by atoms with van der Waals surface area (Å²) in [5, 5.41) is 0.316. The lowest BCUT2D eigenvalue weighted by atomic mass is 10.2. The minimum atomic E-state index is -0.507. The van der Waals surface area contributed by atoms with Gasteiger partial charge in [-0.15, -0.1) is 0 Å². The zero-order valence-corrected chi connectivity index (χ0v) is 15.4. The lowest BCUT2D eigenvalue weighted by molar-refractivity contribution is 0.355. The van der Waals surface area contributed by atoms with Gasteiger partial charge in [0.15, 0.2) is 23.0 Å². The summed E-state index contributed by atoms with van der Waals surface area (Å²) in [4.78, 5) is 16.7. The highest BCUT2D eigenvalue weighted by Crippen LogP contribution is 2.30. The fourth-order valence-electron chi connectivity index (χ4n) is 2.61. The van der Waals surface area contributed by atoms with Crippen molar-refractivity contribution >= 4 is 23.1 Å². The van der Waals surface area contributed by atoms with Gasteiger partial charge in [0.1, 0.15) is 0 Å². The smallest absolute Gasteiger partial charge is 0.347 e. The SMILES string of the molecule is COc1ccc(/C=C/c2nc3cc(OC)c(OC)cc3c(=O)o2)cc1OC. The van der Waals surface area contributed by atoms with E-state index in [1.54, 1.807) is 44.6 Å². The van der Waals surface area contributed by atoms with Gasteiger partial charge in [-0.05, 0) is 23.8 Å². The fourth-order valence-corrected chi connectivity index (χ4v) is 2.61. The van der Waals surface area contributed by atoms with Crippen LogP contribution in [-0.4, -0.2) is 33.4 Å². The second-order valence-electron chi connectivity index (χ2n) is 5.51. The van der Waals surface area contributed by atoms with Crippen molar-refractivity contribution in [3.05, 3.63) is 52.2 Å². The molecule has 0 aliphatic heterocycles. The van der Waals surface area contributed by atoms with E-state index in [-0.39, 0.29) is 5.89 Å². The summed E-state index contributed by atoms with van der Waals surface area (Å²) in [5.41, 5.74) is 0.785. The number of benzene rings is 2. The van der Waals surface area contributed by atoms with Gasteiger partial charge in [0.2, 0.25) is 5.89 Å². The lowest BCUT2D eigenvalue weighted by Crippen LogP contribution is -2.04. The van der Waals surface area contributed by atoms with Gasteiger partial charge in [-0.1, -0.05) is 6.07 Å². The highest BCUT2D eigenvalue weighted by molar-refractivity contribution is 5.82. The first-order valence-electron chi connectivity index (χ1n) is 8.06. The zero-order chi connectivity index (χ0) is 19.4. The Labute approximate surface area is 155 Å². The maximum Gasteiger partial charge on any atom is 0.347 e. The largest absolute Gasteiger partial charge is 0.493 e. The monoisotopic (exact) mass is 369 g/mol. The molecule has 0 N–H and O–H groups in total. The molecule has 0 unspecified atom stereocenters. The normalized spacial score (nSPS) is 11.0. The standard InChI is InChI=1S/C20H19NO6/c1-23-15-7-5-12(9-16(15)24-2)6-8-19-21-14-11-18(26-4)17(25-3)10-13(14)20(22)27-19/h5-11H,1-4H3/b8-6+. The molecular weight excluding hydrogens is 350 g/mol. The van der Waals surface area contributed by atoms with Crippen molar-refractivity contribution in [3.8, 4) is 23.0 Å². The first kappa shape index (κ1) is 18.3. The molecule has 0 fully saturated rings. The van der Waals surface area contributed by atoms with E-state index in [2.05, 4.69) is 4.98 Å². The van der Waals surface area contributed by atoms with Crippen LogP contribution in [-0.2, 0) is 0 Å². The third kappa shape index (κ3) is 3.72. The summed E-state index contributed by atoms with van der Waals surface area (Å²) in [6.45, 7) is 0. The van der Waals surface area contributed by atoms with Crippen LogP contribution < -0.4 is 24.6 Å². The van der Waals surface area contributed by atoms with Crippen molar-refractivity contribution in [2.24, 2.45) is 0 Å². The van der Waals surface area contributed by atoms with Gasteiger partial charge >= 0.3 is 5.63 Å². The van der Waals surface area contributed by atoms with Crippen molar-refractivity contribution in [1.82, 2.24) is 4.98 Å². The van der Waals surface area contributed by atoms with E-state index in [9.17, 15) is 4.79 Å². The number of hydrogen-bond donors (Lipinski definition) is 0. The average Bonchev–Trinajstić information content (AvgIpc) is 2.70. The van der Waals surface area contributed by atoms with Crippen LogP contribution in [0.2, 0.25) is 0 Å². The first-order chi connectivity index (χ1) is 13.1. The molecule has 0 atom stereocenters. The molecule has 140 valence electrons. The van der Waals surface area contributed by atoms with E-state index in [1.807, 2.05) is 12.1 Å². The van der Waals surface area contributed by atoms with Gasteiger partial charge in [-0.3, -0.25) is 0 Å². The Morgan fingerprint density at radius 1 is 0.815 bits per heavy atom. The lowest BCUT2D eigenvalue weighted by Gasteiger charge is -2.08. The molecule has 1 heterocycles. The van der Waals surface area contributed by atoms with Crippen LogP contribution in [0.25, 0.3) is 23.1 Å². The van der Waals surface area contributed by atoms with Crippen LogP contribution in [0.1, 0.15) is 11.5 Å². The van der Waals surface area contributed by atoms with Crippen LogP contribution in [0.15, 0.2) is 39.5 Å². The molecular formula is C20H19NO6. The van der Waals surface area contributed by atoms with Gasteiger partial charge in [0, 0.05) is 18.2 Å². The van der Waals surface area contributed by atoms with Crippen LogP contribution in [0.3, 0.4) is 0 Å². The molecule has 7 heteroatoms. The quantitative estimate of drug-likeness (QED) is 0.659. The summed E-state index contributed by atoms with van der Waals surface area (Å²) in [7, 11) is 6.16. The molecule has 0 radical (unpaired) electrons. The Bertz CT molecular complexity index is 1050. The maximum absolute atomic E-state index is 12.3. The molecule has 7 nitrogen and oxygen atoms in total. The minimum Gasteiger partial charge on any atom is -0.493 e. The Morgan fingerprint density at radius 3 is 2.11 bits per heavy atom. The van der Waals surface area contributed by atoms with Crippen molar-refractivity contribution in [2.75, 3.05) is 28.4 Å². The van der Waals surface area contributed by atoms with E-state index in [4.69, 9.17) is 23.4 Å². The number of ether oxygens (including phenoxy) is 4. The minimum absolute atomic E-state index is 0.175. The number of rotatable bonds is 6. The zero-order valence-electron chi connectivity index (χ0n) is 15.4. The predicted octanol–water partition coefficient (Wildman–Crippen LogP) is 3.39. The van der Waals surface area contributed by atoms with E-state index >= 15 is 0 Å². The molecule has 0 aliphatic rings. The van der Waals surface area contributed by atoms with Crippen LogP contribution >= 0.6 is 0 Å². The van der Waals surface area contributed by atoms with Crippen LogP contribution in [0.4, 0.5) is 0 Å². The second kappa shape index (κ2) is 7.82. The van der Waals surface area contributed by atoms with E-state index in [1.165, 1.54) is 14.2 Å². The van der Waals surface area contributed by atoms with E-state index in [0.29, 0.717) is 33.9 Å². The van der Waals surface area contributed by atoms with Crippen LogP contribution in [0, 0.1) is 0 Å². The van der Waals surface area contributed by atoms with Crippen LogP contribution in [0.5, 0.6) is 23.0 Å². The van der Waals surface area contributed by atoms with E-state index in [0.717, 1.165) is 5.56 Å². The predicted molar refractivity (Wildman–Crippen MR) is 102 cm³/mol. The highest BCUT2D eigenvalue weighted by Gasteiger charge is 2.11. The number of fused-ring (bicyclic) bond motifs is 1. The van der Waals surface area contributed by atoms with Crippen molar-refractivity contribution in [3.63, 3.8) is 0 Å². The molecule has 0 aliphatic carbocycles. The summed E-state index contributed by atoms with van der Waals surface area (Å²) < 4.78 is 26.2. The van der Waals surface area contributed by atoms with Gasteiger partial charge < -0.3 is 23.4 Å². The summed E-state index contributed by atoms with van der Waals surface area (Å²) in [6, 6.07) is 8.64. The fraction of sp³-hybridized carbons (Fsp3) is 0.200. The van der Waals surface area contributed by atoms with Crippen molar-refractivity contribution < 1.29 is 23.4 Å². The van der Waals surface area contributed by atoms with Gasteiger partial charge in [-0.25, -0.2) is 9.78 Å². The molecule has 27 heavy (non-hydrogen) atoms. The van der Waals surface area contributed by atoms with Crippen molar-refractivity contribution in [1.29, 1.82) is 0 Å². The summed E-state index contributed by atoms with van der Waals surface area (Å²) in [5.74, 6) is 2.33. The molecule has 0 amide bonds. The molecule has 0 bridgehead atoms. The van der Waals surface area contributed by atoms with E-state index < -0.39 is 5.63 Å². The molecule has 3 aromatic rings. The topological polar surface area (TPSA) is 80.0 Å². The first-order valence-corrected chi connectivity index (χ1v) is 8.06. The molecule has 3 rings (SSSR count). The van der Waals surface area contributed by atoms with Gasteiger partial charge in [-0.2, -0.15) is 0 Å². The third-order valence-electron chi connectivity index (χ3n) is 3.98. The van der Waals surface area contributed by atoms with Gasteiger partial charge in [0.25, 0.3) is 0 Å². The molecule has 0 spiro atoms. The Hall–Kier alpha value is -3.48.